The first-order valence-corrected chi connectivity index (χ1v) is 15.0. The molecular weight excluding hydrogens is 505 g/mol. The van der Waals surface area contributed by atoms with Crippen molar-refractivity contribution in [2.75, 3.05) is 31.9 Å². The summed E-state index contributed by atoms with van der Waals surface area (Å²) in [6.45, 7) is 10.0. The lowest BCUT2D eigenvalue weighted by atomic mass is 9.88. The molecule has 40 heavy (non-hydrogen) atoms. The Hall–Kier alpha value is -3.20. The van der Waals surface area contributed by atoms with E-state index in [1.165, 1.54) is 24.8 Å². The molecule has 4 heterocycles. The molecule has 3 fully saturated rings. The Balaban J connectivity index is 1.09. The Morgan fingerprint density at radius 2 is 1.75 bits per heavy atom. The van der Waals surface area contributed by atoms with Gasteiger partial charge in [0.1, 0.15) is 6.10 Å². The van der Waals surface area contributed by atoms with E-state index in [4.69, 9.17) is 15.5 Å². The van der Waals surface area contributed by atoms with Gasteiger partial charge in [0.2, 0.25) is 5.95 Å². The number of aromatic nitrogens is 4. The van der Waals surface area contributed by atoms with E-state index in [1.807, 2.05) is 0 Å². The van der Waals surface area contributed by atoms with Crippen LogP contribution in [-0.4, -0.2) is 67.3 Å². The van der Waals surface area contributed by atoms with Gasteiger partial charge in [0.05, 0.1) is 11.0 Å². The summed E-state index contributed by atoms with van der Waals surface area (Å²) in [6.07, 6.45) is 12.4. The second kappa shape index (κ2) is 11.4. The third kappa shape index (κ3) is 5.66. The molecule has 9 heteroatoms. The number of fused-ring (bicyclic) bond motifs is 1. The van der Waals surface area contributed by atoms with Gasteiger partial charge >= 0.3 is 0 Å². The number of rotatable bonds is 7. The van der Waals surface area contributed by atoms with Gasteiger partial charge in [0.15, 0.2) is 5.67 Å². The molecule has 2 N–H and O–H groups in total. The fourth-order valence-electron chi connectivity index (χ4n) is 6.69. The van der Waals surface area contributed by atoms with Crippen LogP contribution in [0.1, 0.15) is 75.0 Å². The molecule has 1 aliphatic carbocycles. The number of allylic oxidation sites excluding steroid dienone is 1. The Morgan fingerprint density at radius 1 is 1.05 bits per heavy atom. The van der Waals surface area contributed by atoms with Gasteiger partial charge < -0.3 is 15.4 Å². The SMILES string of the molecule is C=C(N1CCC(n2c(OC3CCCCC3)nc3cc(C)ccc32)CC1)C1(F)CCN(Cc2cnc(N)nc2)CC1. The number of anilines is 1. The van der Waals surface area contributed by atoms with E-state index in [1.54, 1.807) is 12.4 Å². The summed E-state index contributed by atoms with van der Waals surface area (Å²) in [5.41, 5.74) is 9.21. The molecule has 2 saturated heterocycles. The minimum Gasteiger partial charge on any atom is -0.461 e. The lowest BCUT2D eigenvalue weighted by Crippen LogP contribution is -2.47. The number of nitrogens with two attached hydrogens (primary N) is 1. The highest BCUT2D eigenvalue weighted by Gasteiger charge is 2.40. The number of benzene rings is 1. The van der Waals surface area contributed by atoms with Crippen LogP contribution >= 0.6 is 0 Å². The summed E-state index contributed by atoms with van der Waals surface area (Å²) in [5.74, 6) is 0.273. The molecule has 1 aromatic carbocycles. The van der Waals surface area contributed by atoms with Gasteiger partial charge in [-0.2, -0.15) is 4.98 Å². The molecular formula is C31H42FN7O. The first-order chi connectivity index (χ1) is 19.4. The van der Waals surface area contributed by atoms with Crippen LogP contribution in [0, 0.1) is 6.92 Å². The van der Waals surface area contributed by atoms with Crippen molar-refractivity contribution in [2.45, 2.75) is 89.1 Å². The van der Waals surface area contributed by atoms with Crippen molar-refractivity contribution < 1.29 is 9.13 Å². The Bertz CT molecular complexity index is 1320. The number of likely N-dealkylation sites (tertiary alicyclic amines) is 2. The number of hydrogen-bond donors (Lipinski definition) is 1. The number of hydrogen-bond acceptors (Lipinski definition) is 7. The van der Waals surface area contributed by atoms with Gasteiger partial charge in [-0.15, -0.1) is 0 Å². The normalized spacial score (nSPS) is 21.1. The van der Waals surface area contributed by atoms with Gasteiger partial charge in [0.25, 0.3) is 6.01 Å². The molecule has 0 spiro atoms. The van der Waals surface area contributed by atoms with E-state index < -0.39 is 5.67 Å². The van der Waals surface area contributed by atoms with Crippen molar-refractivity contribution in [1.82, 2.24) is 29.3 Å². The lowest BCUT2D eigenvalue weighted by Gasteiger charge is -2.44. The highest BCUT2D eigenvalue weighted by atomic mass is 19.1. The fraction of sp³-hybridized carbons (Fsp3) is 0.581. The molecule has 0 bridgehead atoms. The molecule has 3 aliphatic rings. The fourth-order valence-corrected chi connectivity index (χ4v) is 6.69. The lowest BCUT2D eigenvalue weighted by molar-refractivity contribution is 0.0513. The number of imidazole rings is 1. The van der Waals surface area contributed by atoms with Crippen LogP contribution in [0.3, 0.4) is 0 Å². The summed E-state index contributed by atoms with van der Waals surface area (Å²) in [5, 5.41) is 0. The van der Waals surface area contributed by atoms with Crippen LogP contribution in [0.5, 0.6) is 6.01 Å². The van der Waals surface area contributed by atoms with E-state index in [9.17, 15) is 0 Å². The van der Waals surface area contributed by atoms with Crippen LogP contribution in [0.15, 0.2) is 42.9 Å². The number of aryl methyl sites for hydroxylation is 1. The van der Waals surface area contributed by atoms with Crippen molar-refractivity contribution >= 4 is 17.0 Å². The third-order valence-corrected chi connectivity index (χ3v) is 9.15. The molecule has 1 saturated carbocycles. The van der Waals surface area contributed by atoms with Gasteiger partial charge in [-0.3, -0.25) is 9.47 Å². The average molecular weight is 548 g/mol. The second-order valence-electron chi connectivity index (χ2n) is 12.0. The van der Waals surface area contributed by atoms with Crippen LogP contribution in [0.2, 0.25) is 0 Å². The number of alkyl halides is 1. The minimum absolute atomic E-state index is 0.245. The zero-order chi connectivity index (χ0) is 27.7. The van der Waals surface area contributed by atoms with E-state index in [0.717, 1.165) is 61.4 Å². The Morgan fingerprint density at radius 3 is 2.45 bits per heavy atom. The summed E-state index contributed by atoms with van der Waals surface area (Å²) < 4.78 is 25.1. The maximum Gasteiger partial charge on any atom is 0.297 e. The third-order valence-electron chi connectivity index (χ3n) is 9.15. The first-order valence-electron chi connectivity index (χ1n) is 15.0. The van der Waals surface area contributed by atoms with Gasteiger partial charge in [-0.25, -0.2) is 14.4 Å². The van der Waals surface area contributed by atoms with Crippen molar-refractivity contribution in [3.63, 3.8) is 0 Å². The monoisotopic (exact) mass is 547 g/mol. The molecule has 2 aromatic heterocycles. The molecule has 214 valence electrons. The number of piperidine rings is 2. The van der Waals surface area contributed by atoms with Crippen LogP contribution in [0.25, 0.3) is 11.0 Å². The smallest absolute Gasteiger partial charge is 0.297 e. The molecule has 0 amide bonds. The Kier molecular flexibility index (Phi) is 7.66. The molecule has 6 rings (SSSR count). The topological polar surface area (TPSA) is 85.3 Å². The van der Waals surface area contributed by atoms with Crippen molar-refractivity contribution in [2.24, 2.45) is 0 Å². The average Bonchev–Trinajstić information content (AvgIpc) is 3.32. The summed E-state index contributed by atoms with van der Waals surface area (Å²) in [7, 11) is 0. The van der Waals surface area contributed by atoms with Crippen molar-refractivity contribution in [3.8, 4) is 6.01 Å². The van der Waals surface area contributed by atoms with Crippen LogP contribution in [0.4, 0.5) is 10.3 Å². The number of nitrogens with zero attached hydrogens (tertiary/aromatic N) is 6. The van der Waals surface area contributed by atoms with Gasteiger partial charge in [-0.05, 0) is 76.0 Å². The highest BCUT2D eigenvalue weighted by molar-refractivity contribution is 5.77. The molecule has 8 nitrogen and oxygen atoms in total. The first kappa shape index (κ1) is 27.0. The molecule has 2 aliphatic heterocycles. The molecule has 3 aromatic rings. The zero-order valence-corrected chi connectivity index (χ0v) is 23.7. The predicted molar refractivity (Wildman–Crippen MR) is 156 cm³/mol. The van der Waals surface area contributed by atoms with E-state index in [0.29, 0.717) is 38.2 Å². The molecule has 0 atom stereocenters. The maximum absolute atomic E-state index is 16.2. The standard InChI is InChI=1S/C31H42FN7O/c1-22-8-9-28-27(18-22)36-30(40-26-6-4-3-5-7-26)39(28)25-10-14-38(15-11-25)23(2)31(32)12-16-37(17-13-31)21-24-19-34-29(33)35-20-24/h8-9,18-20,25-26H,2-7,10-17,21H2,1H3,(H2,33,34,35). The maximum atomic E-state index is 16.2. The molecule has 0 unspecified atom stereocenters. The Labute approximate surface area is 236 Å². The van der Waals surface area contributed by atoms with E-state index in [-0.39, 0.29) is 18.1 Å². The minimum atomic E-state index is -1.37. The largest absolute Gasteiger partial charge is 0.461 e. The quantitative estimate of drug-likeness (QED) is 0.413. The van der Waals surface area contributed by atoms with E-state index in [2.05, 4.69) is 56.0 Å². The number of halogens is 1. The van der Waals surface area contributed by atoms with Crippen LogP contribution in [-0.2, 0) is 6.54 Å². The van der Waals surface area contributed by atoms with Gasteiger partial charge in [0, 0.05) is 62.4 Å². The second-order valence-corrected chi connectivity index (χ2v) is 12.0. The number of nitrogen functional groups attached to an aromatic ring is 1. The summed E-state index contributed by atoms with van der Waals surface area (Å²) >= 11 is 0. The summed E-state index contributed by atoms with van der Waals surface area (Å²) in [6, 6.07) is 7.51. The highest BCUT2D eigenvalue weighted by Crippen LogP contribution is 2.39. The van der Waals surface area contributed by atoms with Crippen LogP contribution < -0.4 is 10.5 Å². The predicted octanol–water partition coefficient (Wildman–Crippen LogP) is 5.58. The molecule has 0 radical (unpaired) electrons. The van der Waals surface area contributed by atoms with Crippen molar-refractivity contribution in [1.29, 1.82) is 0 Å². The summed E-state index contributed by atoms with van der Waals surface area (Å²) in [4.78, 5) is 17.5. The number of ether oxygens (including phenoxy) is 1. The zero-order valence-electron chi connectivity index (χ0n) is 23.7. The van der Waals surface area contributed by atoms with Crippen molar-refractivity contribution in [3.05, 3.63) is 54.0 Å². The van der Waals surface area contributed by atoms with E-state index >= 15 is 4.39 Å². The van der Waals surface area contributed by atoms with Gasteiger partial charge in [-0.1, -0.05) is 19.1 Å².